The standard InChI is InChI=1S/C20H22O3/c1-3-23-20(21)14-8-12-17-11-7-13-19(22-2)18(17)15-16-9-5-4-6-10-16/h4-11,13-14H,3,12,15H2,1-2H3/b14-8+. The molecule has 0 atom stereocenters. The fraction of sp³-hybridized carbons (Fsp3) is 0.250. The smallest absolute Gasteiger partial charge is 0.330 e. The summed E-state index contributed by atoms with van der Waals surface area (Å²) < 4.78 is 10.4. The van der Waals surface area contributed by atoms with Crippen molar-refractivity contribution in [3.8, 4) is 5.75 Å². The van der Waals surface area contributed by atoms with Gasteiger partial charge in [-0.3, -0.25) is 0 Å². The molecule has 0 aliphatic heterocycles. The Kier molecular flexibility index (Phi) is 6.42. The number of allylic oxidation sites excluding steroid dienone is 1. The van der Waals surface area contributed by atoms with Crippen LogP contribution in [0.1, 0.15) is 23.6 Å². The largest absolute Gasteiger partial charge is 0.496 e. The number of benzene rings is 2. The lowest BCUT2D eigenvalue weighted by atomic mass is 9.96. The van der Waals surface area contributed by atoms with E-state index in [1.54, 1.807) is 14.0 Å². The molecule has 0 aliphatic carbocycles. The minimum absolute atomic E-state index is 0.306. The number of ether oxygens (including phenoxy) is 2. The number of rotatable bonds is 7. The number of hydrogen-bond donors (Lipinski definition) is 0. The lowest BCUT2D eigenvalue weighted by molar-refractivity contribution is -0.137. The van der Waals surface area contributed by atoms with Gasteiger partial charge in [0.05, 0.1) is 13.7 Å². The Morgan fingerprint density at radius 1 is 1.09 bits per heavy atom. The van der Waals surface area contributed by atoms with E-state index in [1.807, 2.05) is 36.4 Å². The van der Waals surface area contributed by atoms with Crippen LogP contribution in [-0.2, 0) is 22.4 Å². The maximum absolute atomic E-state index is 11.4. The number of carbonyl (C=O) groups is 1. The predicted octanol–water partition coefficient (Wildman–Crippen LogP) is 3.95. The first kappa shape index (κ1) is 16.8. The van der Waals surface area contributed by atoms with E-state index in [-0.39, 0.29) is 5.97 Å². The average Bonchev–Trinajstić information content (AvgIpc) is 2.57. The summed E-state index contributed by atoms with van der Waals surface area (Å²) in [6.45, 7) is 2.19. The van der Waals surface area contributed by atoms with Crippen molar-refractivity contribution < 1.29 is 14.3 Å². The molecule has 0 spiro atoms. The Balaban J connectivity index is 2.20. The van der Waals surface area contributed by atoms with Gasteiger partial charge in [0, 0.05) is 18.1 Å². The summed E-state index contributed by atoms with van der Waals surface area (Å²) in [5, 5.41) is 0. The van der Waals surface area contributed by atoms with Crippen molar-refractivity contribution in [2.45, 2.75) is 19.8 Å². The maximum atomic E-state index is 11.4. The lowest BCUT2D eigenvalue weighted by Crippen LogP contribution is -2.01. The summed E-state index contributed by atoms with van der Waals surface area (Å²) >= 11 is 0. The summed E-state index contributed by atoms with van der Waals surface area (Å²) in [4.78, 5) is 11.4. The highest BCUT2D eigenvalue weighted by atomic mass is 16.5. The Labute approximate surface area is 137 Å². The van der Waals surface area contributed by atoms with Crippen molar-refractivity contribution >= 4 is 5.97 Å². The summed E-state index contributed by atoms with van der Waals surface area (Å²) in [7, 11) is 1.68. The van der Waals surface area contributed by atoms with E-state index >= 15 is 0 Å². The highest BCUT2D eigenvalue weighted by Crippen LogP contribution is 2.26. The lowest BCUT2D eigenvalue weighted by Gasteiger charge is -2.13. The monoisotopic (exact) mass is 310 g/mol. The third-order valence-corrected chi connectivity index (χ3v) is 3.55. The summed E-state index contributed by atoms with van der Waals surface area (Å²) in [6, 6.07) is 16.3. The molecule has 0 unspecified atom stereocenters. The molecule has 0 saturated carbocycles. The number of carbonyl (C=O) groups excluding carboxylic acids is 1. The molecular weight excluding hydrogens is 288 g/mol. The highest BCUT2D eigenvalue weighted by molar-refractivity contribution is 5.81. The van der Waals surface area contributed by atoms with Gasteiger partial charge in [0.1, 0.15) is 5.75 Å². The second-order valence-corrected chi connectivity index (χ2v) is 5.12. The molecule has 3 heteroatoms. The van der Waals surface area contributed by atoms with E-state index in [0.717, 1.165) is 23.3 Å². The molecule has 2 aromatic carbocycles. The van der Waals surface area contributed by atoms with Gasteiger partial charge in [-0.1, -0.05) is 48.5 Å². The zero-order valence-corrected chi connectivity index (χ0v) is 13.6. The molecule has 0 amide bonds. The molecule has 2 rings (SSSR count). The van der Waals surface area contributed by atoms with Crippen LogP contribution in [0.4, 0.5) is 0 Å². The molecule has 0 saturated heterocycles. The molecule has 0 aromatic heterocycles. The molecule has 0 fully saturated rings. The van der Waals surface area contributed by atoms with Crippen molar-refractivity contribution in [2.24, 2.45) is 0 Å². The molecule has 2 aromatic rings. The van der Waals surface area contributed by atoms with Gasteiger partial charge in [0.25, 0.3) is 0 Å². The number of methoxy groups -OCH3 is 1. The van der Waals surface area contributed by atoms with Crippen LogP contribution in [0.3, 0.4) is 0 Å². The van der Waals surface area contributed by atoms with Gasteiger partial charge in [-0.15, -0.1) is 0 Å². The molecule has 0 heterocycles. The van der Waals surface area contributed by atoms with Crippen molar-refractivity contribution in [3.63, 3.8) is 0 Å². The third kappa shape index (κ3) is 4.99. The van der Waals surface area contributed by atoms with Crippen LogP contribution in [0.5, 0.6) is 5.75 Å². The average molecular weight is 310 g/mol. The van der Waals surface area contributed by atoms with Gasteiger partial charge in [0.2, 0.25) is 0 Å². The van der Waals surface area contributed by atoms with Gasteiger partial charge in [-0.25, -0.2) is 4.79 Å². The fourth-order valence-corrected chi connectivity index (χ4v) is 2.47. The van der Waals surface area contributed by atoms with Gasteiger partial charge in [-0.05, 0) is 30.5 Å². The summed E-state index contributed by atoms with van der Waals surface area (Å²) in [5.74, 6) is 0.566. The summed E-state index contributed by atoms with van der Waals surface area (Å²) in [5.41, 5.74) is 3.52. The van der Waals surface area contributed by atoms with Crippen LogP contribution in [-0.4, -0.2) is 19.7 Å². The van der Waals surface area contributed by atoms with Crippen molar-refractivity contribution in [1.29, 1.82) is 0 Å². The SMILES string of the molecule is CCOC(=O)/C=C/Cc1cccc(OC)c1Cc1ccccc1. The molecule has 120 valence electrons. The molecule has 0 radical (unpaired) electrons. The predicted molar refractivity (Wildman–Crippen MR) is 91.7 cm³/mol. The Morgan fingerprint density at radius 3 is 2.57 bits per heavy atom. The highest BCUT2D eigenvalue weighted by Gasteiger charge is 2.09. The van der Waals surface area contributed by atoms with E-state index in [4.69, 9.17) is 9.47 Å². The van der Waals surface area contributed by atoms with E-state index < -0.39 is 0 Å². The minimum atomic E-state index is -0.306. The van der Waals surface area contributed by atoms with E-state index in [1.165, 1.54) is 11.6 Å². The van der Waals surface area contributed by atoms with Crippen LogP contribution >= 0.6 is 0 Å². The fourth-order valence-electron chi connectivity index (χ4n) is 2.47. The topological polar surface area (TPSA) is 35.5 Å². The van der Waals surface area contributed by atoms with Crippen LogP contribution in [0.2, 0.25) is 0 Å². The van der Waals surface area contributed by atoms with Crippen molar-refractivity contribution in [1.82, 2.24) is 0 Å². The molecule has 0 N–H and O–H groups in total. The Hall–Kier alpha value is -2.55. The molecule has 23 heavy (non-hydrogen) atoms. The first-order valence-corrected chi connectivity index (χ1v) is 7.76. The van der Waals surface area contributed by atoms with E-state index in [2.05, 4.69) is 18.2 Å². The normalized spacial score (nSPS) is 10.7. The molecule has 0 bridgehead atoms. The number of esters is 1. The van der Waals surface area contributed by atoms with Crippen LogP contribution in [0, 0.1) is 0 Å². The van der Waals surface area contributed by atoms with Gasteiger partial charge in [0.15, 0.2) is 0 Å². The first-order chi connectivity index (χ1) is 11.2. The zero-order chi connectivity index (χ0) is 16.5. The summed E-state index contributed by atoms with van der Waals surface area (Å²) in [6.07, 6.45) is 4.78. The number of hydrogen-bond acceptors (Lipinski definition) is 3. The van der Waals surface area contributed by atoms with E-state index in [9.17, 15) is 4.79 Å². The van der Waals surface area contributed by atoms with Gasteiger partial charge in [-0.2, -0.15) is 0 Å². The maximum Gasteiger partial charge on any atom is 0.330 e. The van der Waals surface area contributed by atoms with Crippen LogP contribution < -0.4 is 4.74 Å². The van der Waals surface area contributed by atoms with Crippen LogP contribution in [0.15, 0.2) is 60.7 Å². The van der Waals surface area contributed by atoms with Crippen molar-refractivity contribution in [3.05, 3.63) is 77.4 Å². The van der Waals surface area contributed by atoms with Gasteiger partial charge >= 0.3 is 5.97 Å². The first-order valence-electron chi connectivity index (χ1n) is 7.76. The second kappa shape index (κ2) is 8.79. The van der Waals surface area contributed by atoms with E-state index in [0.29, 0.717) is 13.0 Å². The second-order valence-electron chi connectivity index (χ2n) is 5.12. The van der Waals surface area contributed by atoms with Crippen molar-refractivity contribution in [2.75, 3.05) is 13.7 Å². The molecule has 0 aliphatic rings. The zero-order valence-electron chi connectivity index (χ0n) is 13.6. The minimum Gasteiger partial charge on any atom is -0.496 e. The quantitative estimate of drug-likeness (QED) is 0.574. The molecular formula is C20H22O3. The Bertz CT molecular complexity index is 660. The third-order valence-electron chi connectivity index (χ3n) is 3.55. The van der Waals surface area contributed by atoms with Gasteiger partial charge < -0.3 is 9.47 Å². The molecule has 3 nitrogen and oxygen atoms in total. The van der Waals surface area contributed by atoms with Crippen LogP contribution in [0.25, 0.3) is 0 Å². The Morgan fingerprint density at radius 2 is 1.87 bits per heavy atom.